The van der Waals surface area contributed by atoms with Gasteiger partial charge in [0.15, 0.2) is 6.10 Å². The van der Waals surface area contributed by atoms with Crippen LogP contribution in [-0.4, -0.2) is 82.2 Å². The van der Waals surface area contributed by atoms with Gasteiger partial charge >= 0.3 is 11.9 Å². The molecule has 4 atom stereocenters. The van der Waals surface area contributed by atoms with Crippen LogP contribution >= 0.6 is 7.82 Å². The Morgan fingerprint density at radius 2 is 1.14 bits per heavy atom. The Kier molecular flexibility index (Phi) is 31.8. The molecule has 56 heavy (non-hydrogen) atoms. The first kappa shape index (κ1) is 52.2. The monoisotopic (exact) mass is 812 g/mol. The lowest BCUT2D eigenvalue weighted by molar-refractivity contribution is -0.870. The highest BCUT2D eigenvalue weighted by molar-refractivity contribution is 7.45. The average molecular weight is 812 g/mol. The highest BCUT2D eigenvalue weighted by Gasteiger charge is 2.36. The minimum Gasteiger partial charge on any atom is -0.756 e. The Bertz CT molecular complexity index is 1120. The molecule has 0 bridgehead atoms. The molecule has 3 unspecified atom stereocenters. The van der Waals surface area contributed by atoms with Gasteiger partial charge in [0.05, 0.1) is 40.0 Å². The van der Waals surface area contributed by atoms with Gasteiger partial charge in [0.1, 0.15) is 19.8 Å². The third kappa shape index (κ3) is 34.3. The molecular weight excluding hydrogens is 729 g/mol. The van der Waals surface area contributed by atoms with Gasteiger partial charge in [-0.25, -0.2) is 0 Å². The topological polar surface area (TPSA) is 124 Å². The van der Waals surface area contributed by atoms with E-state index in [1.54, 1.807) is 0 Å². The second-order valence-corrected chi connectivity index (χ2v) is 17.9. The molecule has 1 aliphatic rings. The van der Waals surface area contributed by atoms with Gasteiger partial charge in [-0.05, 0) is 51.4 Å². The van der Waals surface area contributed by atoms with Crippen LogP contribution in [0.15, 0.2) is 36.5 Å². The largest absolute Gasteiger partial charge is 0.756 e. The average Bonchev–Trinajstić information content (AvgIpc) is 3.90. The molecule has 1 saturated heterocycles. The Morgan fingerprint density at radius 1 is 0.643 bits per heavy atom. The number of phosphoric ester groups is 1. The summed E-state index contributed by atoms with van der Waals surface area (Å²) in [5.74, 6) is -0.903. The fourth-order valence-corrected chi connectivity index (χ4v) is 6.89. The fraction of sp³-hybridized carbons (Fsp3) is 0.822. The Morgan fingerprint density at radius 3 is 1.75 bits per heavy atom. The number of phosphoric acid groups is 1. The molecule has 11 heteroatoms. The van der Waals surface area contributed by atoms with Crippen molar-refractivity contribution in [1.82, 2.24) is 0 Å². The van der Waals surface area contributed by atoms with Crippen molar-refractivity contribution in [3.05, 3.63) is 36.5 Å². The zero-order valence-electron chi connectivity index (χ0n) is 36.3. The lowest BCUT2D eigenvalue weighted by atomic mass is 10.0. The number of esters is 2. The van der Waals surface area contributed by atoms with E-state index < -0.39 is 32.5 Å². The predicted molar refractivity (Wildman–Crippen MR) is 226 cm³/mol. The number of unbranched alkanes of at least 4 members (excludes halogenated alkanes) is 17. The van der Waals surface area contributed by atoms with Crippen molar-refractivity contribution >= 4 is 19.8 Å². The van der Waals surface area contributed by atoms with E-state index in [-0.39, 0.29) is 26.1 Å². The summed E-state index contributed by atoms with van der Waals surface area (Å²) in [7, 11) is 1.13. The SMILES string of the molecule is CCCCC/C=C\CC1OC1C/C=C\C/C=C\CCCC(=O)OC[C@H](COP(=O)([O-])OCC[N+](C)(C)C)OC(=O)CCCCCCCCCCCCCCCC. The first-order valence-electron chi connectivity index (χ1n) is 22.3. The van der Waals surface area contributed by atoms with Gasteiger partial charge in [0, 0.05) is 12.8 Å². The summed E-state index contributed by atoms with van der Waals surface area (Å²) in [6, 6.07) is 0. The van der Waals surface area contributed by atoms with E-state index in [9.17, 15) is 19.0 Å². The summed E-state index contributed by atoms with van der Waals surface area (Å²) in [5, 5.41) is 0. The van der Waals surface area contributed by atoms with Crippen LogP contribution < -0.4 is 4.89 Å². The number of epoxide rings is 1. The molecule has 1 aliphatic heterocycles. The molecule has 1 heterocycles. The van der Waals surface area contributed by atoms with Crippen LogP contribution in [0.25, 0.3) is 0 Å². The highest BCUT2D eigenvalue weighted by atomic mass is 31.2. The molecule has 10 nitrogen and oxygen atoms in total. The van der Waals surface area contributed by atoms with Crippen molar-refractivity contribution in [3.63, 3.8) is 0 Å². The van der Waals surface area contributed by atoms with Crippen LogP contribution in [0, 0.1) is 0 Å². The molecule has 1 rings (SSSR count). The summed E-state index contributed by atoms with van der Waals surface area (Å²) < 4.78 is 39.6. The number of carbonyl (C=O) groups excluding carboxylic acids is 2. The van der Waals surface area contributed by atoms with E-state index in [2.05, 4.69) is 50.3 Å². The number of allylic oxidation sites excluding steroid dienone is 4. The van der Waals surface area contributed by atoms with Crippen LogP contribution in [0.3, 0.4) is 0 Å². The maximum Gasteiger partial charge on any atom is 0.306 e. The molecule has 0 amide bonds. The molecule has 0 spiro atoms. The zero-order valence-corrected chi connectivity index (χ0v) is 37.2. The molecule has 326 valence electrons. The van der Waals surface area contributed by atoms with E-state index in [0.29, 0.717) is 36.1 Å². The highest BCUT2D eigenvalue weighted by Crippen LogP contribution is 2.38. The van der Waals surface area contributed by atoms with Crippen molar-refractivity contribution in [3.8, 4) is 0 Å². The van der Waals surface area contributed by atoms with Crippen LogP contribution in [0.5, 0.6) is 0 Å². The number of quaternary nitrogens is 1. The van der Waals surface area contributed by atoms with Crippen LogP contribution in [0.4, 0.5) is 0 Å². The molecule has 0 aromatic carbocycles. The van der Waals surface area contributed by atoms with Gasteiger partial charge in [-0.1, -0.05) is 147 Å². The zero-order chi connectivity index (χ0) is 41.2. The van der Waals surface area contributed by atoms with Crippen molar-refractivity contribution < 1.29 is 46.8 Å². The lowest BCUT2D eigenvalue weighted by Crippen LogP contribution is -2.37. The van der Waals surface area contributed by atoms with Crippen molar-refractivity contribution in [2.45, 2.75) is 193 Å². The van der Waals surface area contributed by atoms with E-state index in [0.717, 1.165) is 51.4 Å². The van der Waals surface area contributed by atoms with Gasteiger partial charge in [-0.3, -0.25) is 14.2 Å². The number of hydrogen-bond donors (Lipinski definition) is 0. The number of rotatable bonds is 39. The van der Waals surface area contributed by atoms with Crippen LogP contribution in [-0.2, 0) is 37.4 Å². The third-order valence-corrected chi connectivity index (χ3v) is 10.8. The first-order chi connectivity index (χ1) is 27.0. The Balaban J connectivity index is 2.31. The van der Waals surface area contributed by atoms with E-state index in [1.165, 1.54) is 83.5 Å². The summed E-state index contributed by atoms with van der Waals surface area (Å²) in [6.07, 6.45) is 39.2. The Labute approximate surface area is 342 Å². The van der Waals surface area contributed by atoms with Crippen molar-refractivity contribution in [2.24, 2.45) is 0 Å². The van der Waals surface area contributed by atoms with Gasteiger partial charge in [0.2, 0.25) is 0 Å². The van der Waals surface area contributed by atoms with Gasteiger partial charge in [0.25, 0.3) is 7.82 Å². The van der Waals surface area contributed by atoms with E-state index in [1.807, 2.05) is 21.1 Å². The molecule has 0 aromatic rings. The molecule has 0 saturated carbocycles. The van der Waals surface area contributed by atoms with Crippen molar-refractivity contribution in [2.75, 3.05) is 47.5 Å². The molecule has 1 fully saturated rings. The van der Waals surface area contributed by atoms with Crippen LogP contribution in [0.2, 0.25) is 0 Å². The fourth-order valence-electron chi connectivity index (χ4n) is 6.16. The maximum absolute atomic E-state index is 12.7. The predicted octanol–water partition coefficient (Wildman–Crippen LogP) is 10.9. The summed E-state index contributed by atoms with van der Waals surface area (Å²) in [4.78, 5) is 37.5. The number of carbonyl (C=O) groups is 2. The van der Waals surface area contributed by atoms with E-state index >= 15 is 0 Å². The summed E-state index contributed by atoms with van der Waals surface area (Å²) >= 11 is 0. The second kappa shape index (κ2) is 34.1. The lowest BCUT2D eigenvalue weighted by Gasteiger charge is -2.28. The number of hydrogen-bond acceptors (Lipinski definition) is 9. The number of nitrogens with zero attached hydrogens (tertiary/aromatic N) is 1. The summed E-state index contributed by atoms with van der Waals surface area (Å²) in [5.41, 5.74) is 0. The second-order valence-electron chi connectivity index (χ2n) is 16.5. The van der Waals surface area contributed by atoms with E-state index in [4.69, 9.17) is 23.3 Å². The van der Waals surface area contributed by atoms with Crippen molar-refractivity contribution in [1.29, 1.82) is 0 Å². The molecule has 0 aromatic heterocycles. The minimum atomic E-state index is -4.64. The third-order valence-electron chi connectivity index (χ3n) is 9.82. The molecule has 0 N–H and O–H groups in total. The molecule has 0 aliphatic carbocycles. The quantitative estimate of drug-likeness (QED) is 0.0149. The smallest absolute Gasteiger partial charge is 0.306 e. The maximum atomic E-state index is 12.7. The van der Waals surface area contributed by atoms with Crippen LogP contribution in [0.1, 0.15) is 174 Å². The number of ether oxygens (including phenoxy) is 3. The summed E-state index contributed by atoms with van der Waals surface area (Å²) in [6.45, 7) is 4.12. The Hall–Kier alpha value is -1.81. The molecular formula is C45H82NO9P. The van der Waals surface area contributed by atoms with Gasteiger partial charge < -0.3 is 32.6 Å². The normalized spacial score (nSPS) is 17.5. The number of likely N-dealkylation sites (N-methyl/N-ethyl adjacent to an activating group) is 1. The van der Waals surface area contributed by atoms with Gasteiger partial charge in [-0.2, -0.15) is 0 Å². The van der Waals surface area contributed by atoms with Gasteiger partial charge in [-0.15, -0.1) is 0 Å². The minimum absolute atomic E-state index is 0.0409. The molecule has 0 radical (unpaired) electrons. The standard InChI is InChI=1S/C45H82NO9P/c1-6-8-10-12-14-15-16-17-18-19-20-23-28-32-36-45(48)54-41(40-53-56(49,50)52-38-37-46(3,4)5)39-51-44(47)35-31-27-24-21-22-26-30-34-43-42(55-43)33-29-25-13-11-9-7-2/h21,24-26,29-30,41-43H,6-20,22-23,27-28,31-40H2,1-5H3/b24-21-,29-25-,30-26-/t41-,42?,43?/m1/s1. The first-order valence-corrected chi connectivity index (χ1v) is 23.8.